The van der Waals surface area contributed by atoms with Crippen molar-refractivity contribution in [1.82, 2.24) is 4.90 Å². The highest BCUT2D eigenvalue weighted by molar-refractivity contribution is 9.10. The molecule has 0 aromatic heterocycles. The molecule has 0 fully saturated rings. The fourth-order valence-corrected chi connectivity index (χ4v) is 4.25. The van der Waals surface area contributed by atoms with Crippen LogP contribution in [0.2, 0.25) is 0 Å². The van der Waals surface area contributed by atoms with Crippen LogP contribution in [0.1, 0.15) is 28.3 Å². The Bertz CT molecular complexity index is 1120. The van der Waals surface area contributed by atoms with E-state index in [-0.39, 0.29) is 11.7 Å². The van der Waals surface area contributed by atoms with Crippen LogP contribution in [0, 0.1) is 6.92 Å². The summed E-state index contributed by atoms with van der Waals surface area (Å²) in [5, 5.41) is 10.9. The molecule has 1 atom stereocenters. The molecule has 0 saturated heterocycles. The second-order valence-electron chi connectivity index (χ2n) is 7.37. The van der Waals surface area contributed by atoms with Gasteiger partial charge in [-0.3, -0.25) is 4.79 Å². The largest absolute Gasteiger partial charge is 0.503 e. The fraction of sp³-hybridized carbons (Fsp3) is 0.160. The van der Waals surface area contributed by atoms with Gasteiger partial charge in [-0.15, -0.1) is 0 Å². The summed E-state index contributed by atoms with van der Waals surface area (Å²) in [5.41, 5.74) is 4.45. The molecule has 1 aliphatic rings. The van der Waals surface area contributed by atoms with Crippen LogP contribution in [-0.2, 0) is 11.3 Å². The predicted octanol–water partition coefficient (Wildman–Crippen LogP) is 5.82. The van der Waals surface area contributed by atoms with Gasteiger partial charge in [0, 0.05) is 16.6 Å². The normalized spacial score (nSPS) is 16.3. The molecule has 0 aliphatic carbocycles. The van der Waals surface area contributed by atoms with Crippen LogP contribution < -0.4 is 4.74 Å². The Balaban J connectivity index is 1.81. The molecular formula is C25H22BrNO3. The maximum atomic E-state index is 13.2. The summed E-state index contributed by atoms with van der Waals surface area (Å²) in [6.07, 6.45) is 0. The third kappa shape index (κ3) is 3.85. The smallest absolute Gasteiger partial charge is 0.290 e. The number of halogens is 1. The van der Waals surface area contributed by atoms with Crippen molar-refractivity contribution in [3.05, 3.63) is 105 Å². The number of hydrogen-bond acceptors (Lipinski definition) is 3. The number of benzene rings is 3. The average Bonchev–Trinajstić information content (AvgIpc) is 2.99. The molecule has 0 saturated carbocycles. The molecule has 152 valence electrons. The molecule has 0 radical (unpaired) electrons. The summed E-state index contributed by atoms with van der Waals surface area (Å²) in [6.45, 7) is 2.37. The monoisotopic (exact) mass is 463 g/mol. The van der Waals surface area contributed by atoms with Crippen LogP contribution in [0.5, 0.6) is 5.75 Å². The highest BCUT2D eigenvalue weighted by atomic mass is 79.9. The SMILES string of the molecule is COc1cccc(CN2C(=O)C(O)=C(c3ccc(C)cc3)[C@@H]2c2cccc(Br)c2)c1. The standard InChI is InChI=1S/C25H22BrNO3/c1-16-9-11-18(12-10-16)22-23(19-6-4-7-20(26)14-19)27(25(29)24(22)28)15-17-5-3-8-21(13-17)30-2/h3-14,23,28H,15H2,1-2H3/t23-/m0/s1. The van der Waals surface area contributed by atoms with E-state index < -0.39 is 6.04 Å². The number of ether oxygens (including phenoxy) is 1. The van der Waals surface area contributed by atoms with Gasteiger partial charge >= 0.3 is 0 Å². The number of rotatable bonds is 5. The summed E-state index contributed by atoms with van der Waals surface area (Å²) in [7, 11) is 1.62. The van der Waals surface area contributed by atoms with Crippen LogP contribution in [-0.4, -0.2) is 23.0 Å². The number of amides is 1. The Morgan fingerprint density at radius 3 is 2.47 bits per heavy atom. The quantitative estimate of drug-likeness (QED) is 0.518. The zero-order valence-corrected chi connectivity index (χ0v) is 18.4. The summed E-state index contributed by atoms with van der Waals surface area (Å²) < 4.78 is 6.25. The van der Waals surface area contributed by atoms with Gasteiger partial charge in [0.15, 0.2) is 5.76 Å². The number of aliphatic hydroxyl groups is 1. The second kappa shape index (κ2) is 8.36. The Hall–Kier alpha value is -3.05. The van der Waals surface area contributed by atoms with Gasteiger partial charge in [0.2, 0.25) is 0 Å². The molecule has 0 spiro atoms. The molecule has 4 rings (SSSR count). The van der Waals surface area contributed by atoms with Crippen molar-refractivity contribution in [2.45, 2.75) is 19.5 Å². The van der Waals surface area contributed by atoms with E-state index in [0.717, 1.165) is 32.5 Å². The lowest BCUT2D eigenvalue weighted by Gasteiger charge is -2.28. The number of methoxy groups -OCH3 is 1. The van der Waals surface area contributed by atoms with Gasteiger partial charge in [0.25, 0.3) is 5.91 Å². The first-order valence-corrected chi connectivity index (χ1v) is 10.5. The van der Waals surface area contributed by atoms with Gasteiger partial charge in [0.1, 0.15) is 5.75 Å². The lowest BCUT2D eigenvalue weighted by Crippen LogP contribution is -2.29. The Morgan fingerprint density at radius 1 is 1.03 bits per heavy atom. The van der Waals surface area contributed by atoms with Crippen molar-refractivity contribution in [3.63, 3.8) is 0 Å². The van der Waals surface area contributed by atoms with Gasteiger partial charge in [-0.05, 0) is 47.9 Å². The summed E-state index contributed by atoms with van der Waals surface area (Å²) in [4.78, 5) is 14.9. The van der Waals surface area contributed by atoms with Crippen LogP contribution in [0.25, 0.3) is 5.57 Å². The molecule has 3 aromatic rings. The van der Waals surface area contributed by atoms with Gasteiger partial charge in [-0.2, -0.15) is 0 Å². The number of nitrogens with zero attached hydrogens (tertiary/aromatic N) is 1. The van der Waals surface area contributed by atoms with Crippen molar-refractivity contribution >= 4 is 27.4 Å². The van der Waals surface area contributed by atoms with Crippen molar-refractivity contribution in [3.8, 4) is 5.75 Å². The zero-order valence-electron chi connectivity index (χ0n) is 16.8. The lowest BCUT2D eigenvalue weighted by atomic mass is 9.93. The third-order valence-corrected chi connectivity index (χ3v) is 5.81. The molecule has 30 heavy (non-hydrogen) atoms. The highest BCUT2D eigenvalue weighted by Gasteiger charge is 2.41. The van der Waals surface area contributed by atoms with E-state index in [1.54, 1.807) is 12.0 Å². The number of aliphatic hydroxyl groups excluding tert-OH is 1. The molecule has 5 heteroatoms. The predicted molar refractivity (Wildman–Crippen MR) is 121 cm³/mol. The number of aryl methyl sites for hydroxylation is 1. The van der Waals surface area contributed by atoms with E-state index in [4.69, 9.17) is 4.74 Å². The molecule has 0 unspecified atom stereocenters. The summed E-state index contributed by atoms with van der Waals surface area (Å²) in [6, 6.07) is 23.0. The van der Waals surface area contributed by atoms with Crippen molar-refractivity contribution in [2.75, 3.05) is 7.11 Å². The topological polar surface area (TPSA) is 49.8 Å². The minimum absolute atomic E-state index is 0.202. The van der Waals surface area contributed by atoms with Crippen molar-refractivity contribution < 1.29 is 14.6 Å². The zero-order chi connectivity index (χ0) is 21.3. The Labute approximate surface area is 184 Å². The van der Waals surface area contributed by atoms with Crippen LogP contribution in [0.15, 0.2) is 83.0 Å². The molecule has 3 aromatic carbocycles. The van der Waals surface area contributed by atoms with Crippen molar-refractivity contribution in [2.24, 2.45) is 0 Å². The van der Waals surface area contributed by atoms with Gasteiger partial charge < -0.3 is 14.7 Å². The summed E-state index contributed by atoms with van der Waals surface area (Å²) >= 11 is 3.53. The van der Waals surface area contributed by atoms with Crippen LogP contribution in [0.3, 0.4) is 0 Å². The molecular weight excluding hydrogens is 442 g/mol. The first-order valence-electron chi connectivity index (χ1n) is 9.67. The molecule has 1 aliphatic heterocycles. The number of carbonyl (C=O) groups excluding carboxylic acids is 1. The summed E-state index contributed by atoms with van der Waals surface area (Å²) in [5.74, 6) is 0.152. The Kier molecular flexibility index (Phi) is 5.64. The third-order valence-electron chi connectivity index (χ3n) is 5.32. The molecule has 1 N–H and O–H groups in total. The van der Waals surface area contributed by atoms with E-state index in [2.05, 4.69) is 15.9 Å². The first-order chi connectivity index (χ1) is 14.5. The molecule has 4 nitrogen and oxygen atoms in total. The van der Waals surface area contributed by atoms with Gasteiger partial charge in [-0.25, -0.2) is 0 Å². The number of carbonyl (C=O) groups is 1. The van der Waals surface area contributed by atoms with E-state index in [9.17, 15) is 9.90 Å². The average molecular weight is 464 g/mol. The van der Waals surface area contributed by atoms with Crippen LogP contribution in [0.4, 0.5) is 0 Å². The molecule has 1 amide bonds. The minimum atomic E-state index is -0.399. The van der Waals surface area contributed by atoms with E-state index >= 15 is 0 Å². The first kappa shape index (κ1) is 20.2. The van der Waals surface area contributed by atoms with Crippen molar-refractivity contribution in [1.29, 1.82) is 0 Å². The van der Waals surface area contributed by atoms with Gasteiger partial charge in [0.05, 0.1) is 13.2 Å². The maximum absolute atomic E-state index is 13.2. The van der Waals surface area contributed by atoms with E-state index in [1.165, 1.54) is 0 Å². The van der Waals surface area contributed by atoms with Crippen LogP contribution >= 0.6 is 15.9 Å². The lowest BCUT2D eigenvalue weighted by molar-refractivity contribution is -0.130. The van der Waals surface area contributed by atoms with E-state index in [0.29, 0.717) is 12.1 Å². The second-order valence-corrected chi connectivity index (χ2v) is 8.29. The highest BCUT2D eigenvalue weighted by Crippen LogP contribution is 2.44. The number of hydrogen-bond donors (Lipinski definition) is 1. The molecule has 0 bridgehead atoms. The van der Waals surface area contributed by atoms with Gasteiger partial charge in [-0.1, -0.05) is 70.0 Å². The Morgan fingerprint density at radius 2 is 1.77 bits per heavy atom. The fourth-order valence-electron chi connectivity index (χ4n) is 3.84. The minimum Gasteiger partial charge on any atom is -0.503 e. The van der Waals surface area contributed by atoms with E-state index in [1.807, 2.05) is 79.7 Å². The molecule has 1 heterocycles. The maximum Gasteiger partial charge on any atom is 0.290 e.